The Kier molecular flexibility index (Phi) is 5.17. The monoisotopic (exact) mass is 414 g/mol. The fraction of sp³-hybridized carbons (Fsp3) is 0.143. The summed E-state index contributed by atoms with van der Waals surface area (Å²) < 4.78 is 13.3. The van der Waals surface area contributed by atoms with E-state index < -0.39 is 0 Å². The van der Waals surface area contributed by atoms with Crippen LogP contribution in [0.2, 0.25) is 5.15 Å². The van der Waals surface area contributed by atoms with Crippen LogP contribution in [-0.4, -0.2) is 9.97 Å². The lowest BCUT2D eigenvalue weighted by molar-refractivity contribution is 0.628. The lowest BCUT2D eigenvalue weighted by atomic mass is 10.0. The molecule has 0 N–H and O–H groups in total. The van der Waals surface area contributed by atoms with E-state index in [2.05, 4.69) is 36.2 Å². The van der Waals surface area contributed by atoms with Crippen LogP contribution in [-0.2, 0) is 5.75 Å². The van der Waals surface area contributed by atoms with Gasteiger partial charge in [-0.1, -0.05) is 65.3 Å². The molecule has 27 heavy (non-hydrogen) atoms. The van der Waals surface area contributed by atoms with Crippen molar-refractivity contribution in [1.29, 1.82) is 0 Å². The van der Waals surface area contributed by atoms with E-state index in [-0.39, 0.29) is 5.82 Å². The molecule has 6 heteroatoms. The Bertz CT molecular complexity index is 1110. The average molecular weight is 415 g/mol. The van der Waals surface area contributed by atoms with Crippen molar-refractivity contribution in [2.24, 2.45) is 0 Å². The van der Waals surface area contributed by atoms with Gasteiger partial charge < -0.3 is 0 Å². The minimum absolute atomic E-state index is 0.256. The van der Waals surface area contributed by atoms with Crippen molar-refractivity contribution in [1.82, 2.24) is 9.97 Å². The van der Waals surface area contributed by atoms with Crippen LogP contribution >= 0.6 is 34.7 Å². The fourth-order valence-corrected chi connectivity index (χ4v) is 5.19. The Morgan fingerprint density at radius 2 is 1.70 bits per heavy atom. The highest BCUT2D eigenvalue weighted by Crippen LogP contribution is 2.41. The zero-order chi connectivity index (χ0) is 19.0. The maximum absolute atomic E-state index is 13.3. The summed E-state index contributed by atoms with van der Waals surface area (Å²) in [5.74, 6) is 0.533. The van der Waals surface area contributed by atoms with Crippen molar-refractivity contribution in [2.45, 2.75) is 24.8 Å². The minimum Gasteiger partial charge on any atom is -0.211 e. The van der Waals surface area contributed by atoms with Gasteiger partial charge in [0.2, 0.25) is 0 Å². The smallest absolute Gasteiger partial charge is 0.190 e. The molecule has 2 heterocycles. The van der Waals surface area contributed by atoms with Crippen molar-refractivity contribution in [3.63, 3.8) is 0 Å². The van der Waals surface area contributed by atoms with Gasteiger partial charge in [-0.15, -0.1) is 11.3 Å². The summed E-state index contributed by atoms with van der Waals surface area (Å²) in [5.41, 5.74) is 4.37. The van der Waals surface area contributed by atoms with Crippen molar-refractivity contribution >= 4 is 44.9 Å². The molecule has 0 saturated carbocycles. The van der Waals surface area contributed by atoms with Crippen LogP contribution in [0.4, 0.5) is 4.39 Å². The number of hydrogen-bond donors (Lipinski definition) is 0. The summed E-state index contributed by atoms with van der Waals surface area (Å²) in [4.78, 5) is 11.2. The number of aromatic nitrogens is 2. The molecule has 0 amide bonds. The molecular weight excluding hydrogens is 399 g/mol. The molecule has 2 nitrogen and oxygen atoms in total. The van der Waals surface area contributed by atoms with Gasteiger partial charge in [-0.05, 0) is 37.1 Å². The predicted molar refractivity (Wildman–Crippen MR) is 113 cm³/mol. The Balaban J connectivity index is 1.68. The Morgan fingerprint density at radius 1 is 1.00 bits per heavy atom. The van der Waals surface area contributed by atoms with Gasteiger partial charge in [-0.2, -0.15) is 0 Å². The molecule has 4 aromatic rings. The molecule has 0 spiro atoms. The van der Waals surface area contributed by atoms with Gasteiger partial charge in [0.15, 0.2) is 5.16 Å². The first kappa shape index (κ1) is 18.4. The Hall–Kier alpha value is -1.95. The highest BCUT2D eigenvalue weighted by atomic mass is 35.5. The van der Waals surface area contributed by atoms with Crippen molar-refractivity contribution in [3.05, 3.63) is 75.5 Å². The number of thiophene rings is 1. The molecule has 0 aliphatic rings. The number of aryl methyl sites for hydroxylation is 2. The summed E-state index contributed by atoms with van der Waals surface area (Å²) in [6.45, 7) is 4.10. The van der Waals surface area contributed by atoms with Crippen LogP contribution < -0.4 is 0 Å². The first-order valence-electron chi connectivity index (χ1n) is 8.42. The molecule has 0 atom stereocenters. The van der Waals surface area contributed by atoms with Crippen LogP contribution in [0.15, 0.2) is 53.7 Å². The van der Waals surface area contributed by atoms with E-state index in [0.29, 0.717) is 10.3 Å². The van der Waals surface area contributed by atoms with Crippen molar-refractivity contribution < 1.29 is 4.39 Å². The summed E-state index contributed by atoms with van der Waals surface area (Å²) in [6, 6.07) is 14.9. The number of halogens is 2. The normalized spacial score (nSPS) is 11.3. The van der Waals surface area contributed by atoms with Gasteiger partial charge in [0.05, 0.1) is 5.39 Å². The molecule has 136 valence electrons. The van der Waals surface area contributed by atoms with E-state index >= 15 is 0 Å². The van der Waals surface area contributed by atoms with E-state index in [1.807, 2.05) is 6.92 Å². The maximum Gasteiger partial charge on any atom is 0.190 e. The lowest BCUT2D eigenvalue weighted by Gasteiger charge is -2.05. The van der Waals surface area contributed by atoms with E-state index in [1.54, 1.807) is 35.2 Å². The molecule has 0 aliphatic heterocycles. The third-order valence-corrected chi connectivity index (χ3v) is 6.48. The van der Waals surface area contributed by atoms with Gasteiger partial charge in [-0.25, -0.2) is 14.4 Å². The predicted octanol–water partition coefficient (Wildman–Crippen LogP) is 7.06. The third-order valence-electron chi connectivity index (χ3n) is 4.28. The molecule has 2 aromatic heterocycles. The zero-order valence-electron chi connectivity index (χ0n) is 14.8. The van der Waals surface area contributed by atoms with Crippen LogP contribution in [0.3, 0.4) is 0 Å². The Labute approximate surface area is 170 Å². The fourth-order valence-electron chi connectivity index (χ4n) is 2.91. The number of fused-ring (bicyclic) bond motifs is 1. The second-order valence-electron chi connectivity index (χ2n) is 6.29. The van der Waals surface area contributed by atoms with Gasteiger partial charge >= 0.3 is 0 Å². The quantitative estimate of drug-likeness (QED) is 0.203. The molecule has 0 radical (unpaired) electrons. The van der Waals surface area contributed by atoms with Crippen LogP contribution in [0.5, 0.6) is 0 Å². The molecule has 4 rings (SSSR count). The minimum atomic E-state index is -0.256. The second-order valence-corrected chi connectivity index (χ2v) is 8.80. The van der Waals surface area contributed by atoms with E-state index in [0.717, 1.165) is 32.0 Å². The molecule has 0 aliphatic carbocycles. The third kappa shape index (κ3) is 3.86. The topological polar surface area (TPSA) is 25.8 Å². The van der Waals surface area contributed by atoms with Crippen LogP contribution in [0.25, 0.3) is 21.3 Å². The summed E-state index contributed by atoms with van der Waals surface area (Å²) in [6.07, 6.45) is 0. The standard InChI is InChI=1S/C21H16ClFN2S2/c1-12-3-5-14(6-4-12)11-26-21-24-19(22)18-17(13(2)27-20(18)25-21)15-7-9-16(23)10-8-15/h3-10H,11H2,1-2H3. The summed E-state index contributed by atoms with van der Waals surface area (Å²) in [7, 11) is 0. The van der Waals surface area contributed by atoms with Crippen LogP contribution in [0.1, 0.15) is 16.0 Å². The lowest BCUT2D eigenvalue weighted by Crippen LogP contribution is -1.90. The Morgan fingerprint density at radius 3 is 2.41 bits per heavy atom. The second kappa shape index (κ2) is 7.58. The van der Waals surface area contributed by atoms with E-state index in [9.17, 15) is 4.39 Å². The summed E-state index contributed by atoms with van der Waals surface area (Å²) >= 11 is 9.69. The zero-order valence-corrected chi connectivity index (χ0v) is 17.2. The highest BCUT2D eigenvalue weighted by molar-refractivity contribution is 7.98. The largest absolute Gasteiger partial charge is 0.211 e. The summed E-state index contributed by atoms with van der Waals surface area (Å²) in [5, 5.41) is 1.94. The van der Waals surface area contributed by atoms with Crippen LogP contribution in [0, 0.1) is 19.7 Å². The molecule has 0 saturated heterocycles. The van der Waals surface area contributed by atoms with Gasteiger partial charge in [-0.3, -0.25) is 0 Å². The SMILES string of the molecule is Cc1ccc(CSc2nc(Cl)c3c(-c4ccc(F)cc4)c(C)sc3n2)cc1. The molecule has 2 aromatic carbocycles. The number of hydrogen-bond acceptors (Lipinski definition) is 4. The van der Waals surface area contributed by atoms with Crippen molar-refractivity contribution in [3.8, 4) is 11.1 Å². The maximum atomic E-state index is 13.3. The number of nitrogens with zero attached hydrogens (tertiary/aromatic N) is 2. The number of rotatable bonds is 4. The van der Waals surface area contributed by atoms with E-state index in [4.69, 9.17) is 16.6 Å². The first-order chi connectivity index (χ1) is 13.0. The highest BCUT2D eigenvalue weighted by Gasteiger charge is 2.17. The number of benzene rings is 2. The van der Waals surface area contributed by atoms with Gasteiger partial charge in [0, 0.05) is 16.2 Å². The van der Waals surface area contributed by atoms with E-state index in [1.165, 1.54) is 23.3 Å². The molecule has 0 unspecified atom stereocenters. The number of thioether (sulfide) groups is 1. The average Bonchev–Trinajstić information content (AvgIpc) is 2.98. The van der Waals surface area contributed by atoms with Gasteiger partial charge in [0.25, 0.3) is 0 Å². The molecule has 0 fully saturated rings. The first-order valence-corrected chi connectivity index (χ1v) is 10.6. The van der Waals surface area contributed by atoms with Crippen molar-refractivity contribution in [2.75, 3.05) is 0 Å². The molecular formula is C21H16ClFN2S2. The molecule has 0 bridgehead atoms. The van der Waals surface area contributed by atoms with Gasteiger partial charge in [0.1, 0.15) is 15.8 Å².